The van der Waals surface area contributed by atoms with Gasteiger partial charge in [-0.2, -0.15) is 0 Å². The van der Waals surface area contributed by atoms with E-state index < -0.39 is 0 Å². The molecule has 0 radical (unpaired) electrons. The number of benzene rings is 1. The average molecular weight is 278 g/mol. The lowest BCUT2D eigenvalue weighted by Gasteiger charge is -2.05. The van der Waals surface area contributed by atoms with Crippen molar-refractivity contribution in [3.63, 3.8) is 0 Å². The van der Waals surface area contributed by atoms with Gasteiger partial charge in [-0.25, -0.2) is 4.98 Å². The number of thiazole rings is 1. The van der Waals surface area contributed by atoms with Gasteiger partial charge in [0.2, 0.25) is 5.13 Å². The Labute approximate surface area is 112 Å². The normalized spacial score (nSPS) is 12.2. The average Bonchev–Trinajstić information content (AvgIpc) is 2.90. The summed E-state index contributed by atoms with van der Waals surface area (Å²) in [5.74, 6) is -0.437. The second-order valence-electron chi connectivity index (χ2n) is 3.56. The molecule has 3 N–H and O–H groups in total. The van der Waals surface area contributed by atoms with Crippen LogP contribution in [0, 0.1) is 0 Å². The molecular formula is C11H10N4O3S. The zero-order chi connectivity index (χ0) is 13.8. The molecule has 0 spiro atoms. The Bertz CT molecular complexity index is 638. The fourth-order valence-electron chi connectivity index (χ4n) is 1.35. The van der Waals surface area contributed by atoms with E-state index in [1.165, 1.54) is 24.3 Å². The number of rotatable bonds is 3. The number of oxime groups is 1. The summed E-state index contributed by atoms with van der Waals surface area (Å²) in [7, 11) is 0. The number of nitrogens with zero attached hydrogens (tertiary/aromatic N) is 4. The molecule has 1 aromatic heterocycles. The summed E-state index contributed by atoms with van der Waals surface area (Å²) in [6.07, 6.45) is 1.59. The van der Waals surface area contributed by atoms with Gasteiger partial charge < -0.3 is 15.4 Å². The quantitative estimate of drug-likeness (QED) is 0.346. The Morgan fingerprint density at radius 1 is 1.21 bits per heavy atom. The second kappa shape index (κ2) is 5.44. The number of azo groups is 1. The van der Waals surface area contributed by atoms with Gasteiger partial charge in [-0.1, -0.05) is 5.16 Å². The summed E-state index contributed by atoms with van der Waals surface area (Å²) >= 11 is 1.30. The van der Waals surface area contributed by atoms with Gasteiger partial charge in [0.15, 0.2) is 0 Å². The van der Waals surface area contributed by atoms with E-state index in [-0.39, 0.29) is 28.5 Å². The van der Waals surface area contributed by atoms with Gasteiger partial charge in [0.05, 0.1) is 5.71 Å². The second-order valence-corrected chi connectivity index (χ2v) is 4.43. The standard InChI is InChI=1S/C11H10N4O3S/c1-6(15-18)7-4-8(10(17)5-9(7)16)13-14-11-12-2-3-19-11/h2-5,16-18H,1H3. The minimum atomic E-state index is -0.229. The first-order chi connectivity index (χ1) is 9.11. The first kappa shape index (κ1) is 13.0. The van der Waals surface area contributed by atoms with Crippen LogP contribution >= 0.6 is 11.3 Å². The zero-order valence-electron chi connectivity index (χ0n) is 9.85. The minimum absolute atomic E-state index is 0.144. The van der Waals surface area contributed by atoms with E-state index >= 15 is 0 Å². The summed E-state index contributed by atoms with van der Waals surface area (Å²) in [5.41, 5.74) is 0.600. The van der Waals surface area contributed by atoms with Crippen LogP contribution in [0.3, 0.4) is 0 Å². The third-order valence-corrected chi connectivity index (χ3v) is 2.95. The van der Waals surface area contributed by atoms with E-state index in [1.807, 2.05) is 0 Å². The predicted molar refractivity (Wildman–Crippen MR) is 70.1 cm³/mol. The highest BCUT2D eigenvalue weighted by Gasteiger charge is 2.11. The molecule has 1 aromatic carbocycles. The molecule has 0 aliphatic heterocycles. The van der Waals surface area contributed by atoms with Gasteiger partial charge in [0, 0.05) is 23.2 Å². The van der Waals surface area contributed by atoms with Gasteiger partial charge in [0.25, 0.3) is 0 Å². The van der Waals surface area contributed by atoms with Gasteiger partial charge in [-0.05, 0) is 13.0 Å². The van der Waals surface area contributed by atoms with Crippen molar-refractivity contribution in [3.8, 4) is 11.5 Å². The molecule has 0 bridgehead atoms. The largest absolute Gasteiger partial charge is 0.507 e. The molecule has 0 atom stereocenters. The van der Waals surface area contributed by atoms with Crippen molar-refractivity contribution in [2.24, 2.45) is 15.4 Å². The number of phenols is 2. The summed E-state index contributed by atoms with van der Waals surface area (Å²) in [5, 5.41) is 40.9. The monoisotopic (exact) mass is 278 g/mol. The van der Waals surface area contributed by atoms with E-state index in [9.17, 15) is 10.2 Å². The molecule has 2 aromatic rings. The SMILES string of the molecule is CC(=NO)c1cc(N=Nc2nccs2)c(O)cc1O. The van der Waals surface area contributed by atoms with Crippen LogP contribution in [-0.4, -0.2) is 26.1 Å². The van der Waals surface area contributed by atoms with Crippen LogP contribution < -0.4 is 0 Å². The molecular weight excluding hydrogens is 268 g/mol. The predicted octanol–water partition coefficient (Wildman–Crippen LogP) is 3.17. The molecule has 0 unspecified atom stereocenters. The fourth-order valence-corrected chi connectivity index (χ4v) is 1.80. The Kier molecular flexibility index (Phi) is 3.71. The third kappa shape index (κ3) is 2.86. The topological polar surface area (TPSA) is 111 Å². The zero-order valence-corrected chi connectivity index (χ0v) is 10.7. The maximum absolute atomic E-state index is 9.67. The Morgan fingerprint density at radius 3 is 2.63 bits per heavy atom. The van der Waals surface area contributed by atoms with Crippen molar-refractivity contribution < 1.29 is 15.4 Å². The van der Waals surface area contributed by atoms with E-state index in [2.05, 4.69) is 20.4 Å². The maximum Gasteiger partial charge on any atom is 0.229 e. The van der Waals surface area contributed by atoms with Gasteiger partial charge in [0.1, 0.15) is 17.2 Å². The molecule has 19 heavy (non-hydrogen) atoms. The smallest absolute Gasteiger partial charge is 0.229 e. The third-order valence-electron chi connectivity index (χ3n) is 2.30. The lowest BCUT2D eigenvalue weighted by Crippen LogP contribution is -1.94. The molecule has 2 rings (SSSR count). The molecule has 8 heteroatoms. The van der Waals surface area contributed by atoms with Crippen molar-refractivity contribution in [1.82, 2.24) is 4.98 Å². The van der Waals surface area contributed by atoms with Crippen LogP contribution in [-0.2, 0) is 0 Å². The van der Waals surface area contributed by atoms with Gasteiger partial charge >= 0.3 is 0 Å². The van der Waals surface area contributed by atoms with Crippen LogP contribution in [0.25, 0.3) is 0 Å². The molecule has 7 nitrogen and oxygen atoms in total. The lowest BCUT2D eigenvalue weighted by molar-refractivity contribution is 0.318. The number of hydrogen-bond acceptors (Lipinski definition) is 8. The highest BCUT2D eigenvalue weighted by atomic mass is 32.1. The van der Waals surface area contributed by atoms with Crippen molar-refractivity contribution in [2.75, 3.05) is 0 Å². The molecule has 0 saturated heterocycles. The Morgan fingerprint density at radius 2 is 2.00 bits per heavy atom. The number of hydrogen-bond donors (Lipinski definition) is 3. The summed E-state index contributed by atoms with van der Waals surface area (Å²) in [4.78, 5) is 3.92. The van der Waals surface area contributed by atoms with Crippen molar-refractivity contribution >= 4 is 27.9 Å². The molecule has 0 aliphatic carbocycles. The van der Waals surface area contributed by atoms with E-state index in [4.69, 9.17) is 5.21 Å². The Balaban J connectivity index is 2.40. The van der Waals surface area contributed by atoms with E-state index in [0.29, 0.717) is 5.13 Å². The van der Waals surface area contributed by atoms with Crippen molar-refractivity contribution in [2.45, 2.75) is 6.92 Å². The van der Waals surface area contributed by atoms with E-state index in [0.717, 1.165) is 6.07 Å². The first-order valence-corrected chi connectivity index (χ1v) is 6.06. The van der Waals surface area contributed by atoms with Crippen LogP contribution in [0.2, 0.25) is 0 Å². The molecule has 0 saturated carbocycles. The summed E-state index contributed by atoms with van der Waals surface area (Å²) in [6.45, 7) is 1.51. The molecule has 1 heterocycles. The molecule has 0 amide bonds. The maximum atomic E-state index is 9.67. The molecule has 0 aliphatic rings. The van der Waals surface area contributed by atoms with Crippen LogP contribution in [0.4, 0.5) is 10.8 Å². The number of aromatic hydroxyl groups is 2. The van der Waals surface area contributed by atoms with Gasteiger partial charge in [-0.3, -0.25) is 0 Å². The van der Waals surface area contributed by atoms with Crippen LogP contribution in [0.15, 0.2) is 39.1 Å². The highest BCUT2D eigenvalue weighted by molar-refractivity contribution is 7.13. The number of aromatic nitrogens is 1. The Hall–Kier alpha value is -2.48. The summed E-state index contributed by atoms with van der Waals surface area (Å²) in [6, 6.07) is 2.48. The fraction of sp³-hybridized carbons (Fsp3) is 0.0909. The highest BCUT2D eigenvalue weighted by Crippen LogP contribution is 2.35. The molecule has 98 valence electrons. The van der Waals surface area contributed by atoms with Gasteiger partial charge in [-0.15, -0.1) is 21.6 Å². The molecule has 0 fully saturated rings. The first-order valence-electron chi connectivity index (χ1n) is 5.18. The van der Waals surface area contributed by atoms with E-state index in [1.54, 1.807) is 11.6 Å². The van der Waals surface area contributed by atoms with Crippen molar-refractivity contribution in [3.05, 3.63) is 29.3 Å². The van der Waals surface area contributed by atoms with Crippen molar-refractivity contribution in [1.29, 1.82) is 0 Å². The summed E-state index contributed by atoms with van der Waals surface area (Å²) < 4.78 is 0. The van der Waals surface area contributed by atoms with Crippen LogP contribution in [0.1, 0.15) is 12.5 Å². The minimum Gasteiger partial charge on any atom is -0.507 e. The van der Waals surface area contributed by atoms with Crippen LogP contribution in [0.5, 0.6) is 11.5 Å². The number of phenolic OH excluding ortho intramolecular Hbond substituents is 2. The lowest BCUT2D eigenvalue weighted by atomic mass is 10.1.